The molecule has 0 bridgehead atoms. The van der Waals surface area contributed by atoms with E-state index >= 15 is 0 Å². The van der Waals surface area contributed by atoms with Crippen molar-refractivity contribution in [3.63, 3.8) is 0 Å². The summed E-state index contributed by atoms with van der Waals surface area (Å²) >= 11 is 0. The Kier molecular flexibility index (Phi) is 3.88. The van der Waals surface area contributed by atoms with Crippen molar-refractivity contribution in [2.24, 2.45) is 5.92 Å². The molecule has 1 rings (SSSR count). The van der Waals surface area contributed by atoms with Gasteiger partial charge in [-0.1, -0.05) is 13.8 Å². The Labute approximate surface area is 87.3 Å². The second kappa shape index (κ2) is 4.96. The van der Waals surface area contributed by atoms with Gasteiger partial charge in [0.25, 0.3) is 6.43 Å². The van der Waals surface area contributed by atoms with E-state index in [9.17, 15) is 13.6 Å². The number of pyridine rings is 1. The van der Waals surface area contributed by atoms with Gasteiger partial charge in [-0.25, -0.2) is 8.78 Å². The number of hydrogen-bond donors (Lipinski definition) is 0. The molecule has 1 heterocycles. The van der Waals surface area contributed by atoms with E-state index in [4.69, 9.17) is 0 Å². The number of carbonyl (C=O) groups excluding carboxylic acids is 1. The first-order valence-electron chi connectivity index (χ1n) is 4.78. The van der Waals surface area contributed by atoms with E-state index in [1.54, 1.807) is 0 Å². The Morgan fingerprint density at radius 2 is 2.07 bits per heavy atom. The van der Waals surface area contributed by atoms with Crippen molar-refractivity contribution in [3.8, 4) is 0 Å². The van der Waals surface area contributed by atoms with Crippen molar-refractivity contribution in [1.29, 1.82) is 0 Å². The van der Waals surface area contributed by atoms with Crippen molar-refractivity contribution in [1.82, 2.24) is 4.98 Å². The van der Waals surface area contributed by atoms with Crippen LogP contribution in [0.15, 0.2) is 18.3 Å². The molecular formula is C11H13F2NO. The van der Waals surface area contributed by atoms with E-state index in [2.05, 4.69) is 4.98 Å². The summed E-state index contributed by atoms with van der Waals surface area (Å²) in [4.78, 5) is 15.0. The average molecular weight is 213 g/mol. The minimum Gasteiger partial charge on any atom is -0.294 e. The monoisotopic (exact) mass is 213 g/mol. The molecule has 0 spiro atoms. The highest BCUT2D eigenvalue weighted by atomic mass is 19.3. The Morgan fingerprint density at radius 1 is 1.40 bits per heavy atom. The number of hydrogen-bond acceptors (Lipinski definition) is 2. The van der Waals surface area contributed by atoms with Crippen LogP contribution in [0, 0.1) is 5.92 Å². The lowest BCUT2D eigenvalue weighted by Gasteiger charge is -2.04. The maximum Gasteiger partial charge on any atom is 0.280 e. The maximum atomic E-state index is 12.2. The van der Waals surface area contributed by atoms with Crippen LogP contribution in [0.1, 0.15) is 42.7 Å². The molecule has 0 fully saturated rings. The van der Waals surface area contributed by atoms with E-state index in [0.717, 1.165) is 0 Å². The van der Waals surface area contributed by atoms with Crippen LogP contribution in [0.2, 0.25) is 0 Å². The zero-order chi connectivity index (χ0) is 11.4. The topological polar surface area (TPSA) is 30.0 Å². The third-order valence-electron chi connectivity index (χ3n) is 1.93. The number of carbonyl (C=O) groups is 1. The minimum atomic E-state index is -2.58. The predicted octanol–water partition coefficient (Wildman–Crippen LogP) is 3.25. The molecule has 0 radical (unpaired) electrons. The van der Waals surface area contributed by atoms with Gasteiger partial charge in [0.2, 0.25) is 0 Å². The van der Waals surface area contributed by atoms with Crippen LogP contribution in [0.25, 0.3) is 0 Å². The van der Waals surface area contributed by atoms with Gasteiger partial charge in [0.1, 0.15) is 5.69 Å². The lowest BCUT2D eigenvalue weighted by molar-refractivity contribution is 0.0966. The van der Waals surface area contributed by atoms with Crippen molar-refractivity contribution in [2.75, 3.05) is 0 Å². The standard InChI is InChI=1S/C11H13F2NO/c1-7(2)5-10(15)8-3-4-9(11(12)13)14-6-8/h3-4,6-7,11H,5H2,1-2H3. The largest absolute Gasteiger partial charge is 0.294 e. The first-order valence-corrected chi connectivity index (χ1v) is 4.78. The molecule has 82 valence electrons. The molecule has 0 aromatic carbocycles. The number of Topliss-reactive ketones (excluding diaryl/α,β-unsaturated/α-hetero) is 1. The summed E-state index contributed by atoms with van der Waals surface area (Å²) in [6, 6.07) is 2.59. The van der Waals surface area contributed by atoms with Crippen LogP contribution in [0.3, 0.4) is 0 Å². The van der Waals surface area contributed by atoms with E-state index < -0.39 is 6.43 Å². The number of ketones is 1. The van der Waals surface area contributed by atoms with Crippen LogP contribution >= 0.6 is 0 Å². The van der Waals surface area contributed by atoms with Crippen molar-refractivity contribution in [3.05, 3.63) is 29.6 Å². The van der Waals surface area contributed by atoms with Gasteiger partial charge < -0.3 is 0 Å². The summed E-state index contributed by atoms with van der Waals surface area (Å²) in [5.74, 6) is 0.200. The normalized spacial score (nSPS) is 11.1. The molecule has 0 aliphatic rings. The molecule has 0 aliphatic carbocycles. The zero-order valence-corrected chi connectivity index (χ0v) is 8.71. The Morgan fingerprint density at radius 3 is 2.47 bits per heavy atom. The van der Waals surface area contributed by atoms with Gasteiger partial charge in [-0.3, -0.25) is 9.78 Å². The minimum absolute atomic E-state index is 0.0571. The summed E-state index contributed by atoms with van der Waals surface area (Å²) in [7, 11) is 0. The molecule has 0 aliphatic heterocycles. The van der Waals surface area contributed by atoms with Gasteiger partial charge in [-0.05, 0) is 18.1 Å². The predicted molar refractivity (Wildman–Crippen MR) is 53.0 cm³/mol. The molecule has 1 aromatic rings. The smallest absolute Gasteiger partial charge is 0.280 e. The first kappa shape index (κ1) is 11.8. The van der Waals surface area contributed by atoms with Crippen LogP contribution in [0.4, 0.5) is 8.78 Å². The molecule has 15 heavy (non-hydrogen) atoms. The fraction of sp³-hybridized carbons (Fsp3) is 0.455. The number of nitrogens with zero attached hydrogens (tertiary/aromatic N) is 1. The van der Waals surface area contributed by atoms with E-state index in [1.165, 1.54) is 18.3 Å². The van der Waals surface area contributed by atoms with Crippen LogP contribution < -0.4 is 0 Å². The molecule has 0 atom stereocenters. The summed E-state index contributed by atoms with van der Waals surface area (Å²) in [6.45, 7) is 3.86. The van der Waals surface area contributed by atoms with Crippen LogP contribution in [-0.4, -0.2) is 10.8 Å². The van der Waals surface area contributed by atoms with Gasteiger partial charge in [0.05, 0.1) is 0 Å². The fourth-order valence-corrected chi connectivity index (χ4v) is 1.19. The number of aromatic nitrogens is 1. The van der Waals surface area contributed by atoms with Crippen LogP contribution in [0.5, 0.6) is 0 Å². The molecule has 0 saturated heterocycles. The van der Waals surface area contributed by atoms with Gasteiger partial charge in [-0.15, -0.1) is 0 Å². The second-order valence-electron chi connectivity index (χ2n) is 3.79. The highest BCUT2D eigenvalue weighted by Crippen LogP contribution is 2.16. The first-order chi connectivity index (χ1) is 7.00. The van der Waals surface area contributed by atoms with E-state index in [1.807, 2.05) is 13.8 Å². The van der Waals surface area contributed by atoms with Gasteiger partial charge in [-0.2, -0.15) is 0 Å². The SMILES string of the molecule is CC(C)CC(=O)c1ccc(C(F)F)nc1. The fourth-order valence-electron chi connectivity index (χ4n) is 1.19. The van der Waals surface area contributed by atoms with Crippen molar-refractivity contribution in [2.45, 2.75) is 26.7 Å². The molecule has 4 heteroatoms. The Balaban J connectivity index is 2.75. The van der Waals surface area contributed by atoms with E-state index in [0.29, 0.717) is 12.0 Å². The third-order valence-corrected chi connectivity index (χ3v) is 1.93. The molecule has 0 N–H and O–H groups in total. The van der Waals surface area contributed by atoms with Gasteiger partial charge in [0.15, 0.2) is 5.78 Å². The highest BCUT2D eigenvalue weighted by molar-refractivity contribution is 5.95. The molecular weight excluding hydrogens is 200 g/mol. The van der Waals surface area contributed by atoms with Gasteiger partial charge >= 0.3 is 0 Å². The zero-order valence-electron chi connectivity index (χ0n) is 8.71. The maximum absolute atomic E-state index is 12.2. The number of alkyl halides is 2. The molecule has 2 nitrogen and oxygen atoms in total. The molecule has 0 amide bonds. The molecule has 1 aromatic heterocycles. The summed E-state index contributed by atoms with van der Waals surface area (Å²) in [5, 5.41) is 0. The quantitative estimate of drug-likeness (QED) is 0.718. The summed E-state index contributed by atoms with van der Waals surface area (Å²) < 4.78 is 24.3. The van der Waals surface area contributed by atoms with Crippen LogP contribution in [-0.2, 0) is 0 Å². The lowest BCUT2D eigenvalue weighted by Crippen LogP contribution is -2.04. The third kappa shape index (κ3) is 3.38. The van der Waals surface area contributed by atoms with E-state index in [-0.39, 0.29) is 17.4 Å². The highest BCUT2D eigenvalue weighted by Gasteiger charge is 2.11. The Bertz CT molecular complexity index is 333. The number of rotatable bonds is 4. The Hall–Kier alpha value is -1.32. The number of halogens is 2. The van der Waals surface area contributed by atoms with Crippen molar-refractivity contribution < 1.29 is 13.6 Å². The average Bonchev–Trinajstić information content (AvgIpc) is 2.17. The summed E-state index contributed by atoms with van der Waals surface area (Å²) in [6.07, 6.45) is -0.957. The van der Waals surface area contributed by atoms with Crippen molar-refractivity contribution >= 4 is 5.78 Å². The molecule has 0 saturated carbocycles. The summed E-state index contributed by atoms with van der Waals surface area (Å²) in [5.41, 5.74) is 0.101. The lowest BCUT2D eigenvalue weighted by atomic mass is 10.0. The molecule has 0 unspecified atom stereocenters. The second-order valence-corrected chi connectivity index (χ2v) is 3.79. The van der Waals surface area contributed by atoms with Gasteiger partial charge in [0, 0.05) is 18.2 Å².